The van der Waals surface area contributed by atoms with Crippen LogP contribution in [0.25, 0.3) is 0 Å². The number of carbonyl (C=O) groups excluding carboxylic acids is 1. The van der Waals surface area contributed by atoms with Crippen molar-refractivity contribution in [3.05, 3.63) is 88.7 Å². The van der Waals surface area contributed by atoms with Gasteiger partial charge < -0.3 is 5.32 Å². The summed E-state index contributed by atoms with van der Waals surface area (Å²) in [5.74, 6) is -0.303. The second-order valence-electron chi connectivity index (χ2n) is 6.91. The molecule has 1 heterocycles. The van der Waals surface area contributed by atoms with Gasteiger partial charge in [0.25, 0.3) is 15.9 Å². The summed E-state index contributed by atoms with van der Waals surface area (Å²) in [6.45, 7) is 5.75. The molecule has 0 atom stereocenters. The molecule has 3 rings (SSSR count). The predicted molar refractivity (Wildman–Crippen MR) is 113 cm³/mol. The molecule has 0 aliphatic heterocycles. The van der Waals surface area contributed by atoms with Gasteiger partial charge in [-0.2, -0.15) is 0 Å². The van der Waals surface area contributed by atoms with Gasteiger partial charge in [0.2, 0.25) is 0 Å². The Morgan fingerprint density at radius 3 is 2.45 bits per heavy atom. The fraction of sp³-hybridized carbons (Fsp3) is 0.182. The van der Waals surface area contributed by atoms with E-state index in [0.717, 1.165) is 16.8 Å². The molecule has 0 saturated heterocycles. The first-order valence-electron chi connectivity index (χ1n) is 9.15. The van der Waals surface area contributed by atoms with E-state index in [1.54, 1.807) is 56.4 Å². The number of pyridine rings is 1. The zero-order valence-electron chi connectivity index (χ0n) is 16.6. The standard InChI is InChI=1S/C22H23N3O3S/c1-15-7-10-21(17(3)12-15)29(27,28)25-20-13-18(9-8-16(20)2)22(26)24-14-19-6-4-5-11-23-19/h4-13,25H,14H2,1-3H3,(H,24,26). The fourth-order valence-corrected chi connectivity index (χ4v) is 4.30. The largest absolute Gasteiger partial charge is 0.346 e. The van der Waals surface area contributed by atoms with E-state index in [0.29, 0.717) is 16.8 Å². The van der Waals surface area contributed by atoms with Crippen LogP contribution in [0.5, 0.6) is 0 Å². The summed E-state index contributed by atoms with van der Waals surface area (Å²) in [5.41, 5.74) is 3.85. The SMILES string of the molecule is Cc1ccc(S(=O)(=O)Nc2cc(C(=O)NCc3ccccn3)ccc2C)c(C)c1. The predicted octanol–water partition coefficient (Wildman–Crippen LogP) is 3.74. The lowest BCUT2D eigenvalue weighted by molar-refractivity contribution is 0.0950. The average molecular weight is 410 g/mol. The summed E-state index contributed by atoms with van der Waals surface area (Å²) in [6.07, 6.45) is 1.66. The van der Waals surface area contributed by atoms with Crippen molar-refractivity contribution in [2.24, 2.45) is 0 Å². The third kappa shape index (κ3) is 5.00. The summed E-state index contributed by atoms with van der Waals surface area (Å²) < 4.78 is 28.3. The molecule has 1 aromatic heterocycles. The number of hydrogen-bond donors (Lipinski definition) is 2. The number of rotatable bonds is 6. The van der Waals surface area contributed by atoms with Crippen LogP contribution in [-0.4, -0.2) is 19.3 Å². The zero-order chi connectivity index (χ0) is 21.0. The number of hydrogen-bond acceptors (Lipinski definition) is 4. The van der Waals surface area contributed by atoms with Crippen molar-refractivity contribution in [1.82, 2.24) is 10.3 Å². The van der Waals surface area contributed by atoms with Gasteiger partial charge in [0.05, 0.1) is 22.8 Å². The van der Waals surface area contributed by atoms with Crippen LogP contribution in [0.15, 0.2) is 65.7 Å². The molecule has 0 radical (unpaired) electrons. The van der Waals surface area contributed by atoms with Gasteiger partial charge in [-0.15, -0.1) is 0 Å². The summed E-state index contributed by atoms with van der Waals surface area (Å²) in [6, 6.07) is 15.6. The number of sulfonamides is 1. The number of benzene rings is 2. The van der Waals surface area contributed by atoms with Gasteiger partial charge in [0, 0.05) is 11.8 Å². The summed E-state index contributed by atoms with van der Waals surface area (Å²) in [4.78, 5) is 16.9. The molecule has 1 amide bonds. The smallest absolute Gasteiger partial charge is 0.262 e. The molecule has 0 bridgehead atoms. The Balaban J connectivity index is 1.80. The molecule has 0 aliphatic rings. The van der Waals surface area contributed by atoms with Crippen LogP contribution in [0.2, 0.25) is 0 Å². The fourth-order valence-electron chi connectivity index (χ4n) is 2.95. The van der Waals surface area contributed by atoms with E-state index in [4.69, 9.17) is 0 Å². The number of anilines is 1. The van der Waals surface area contributed by atoms with Crippen molar-refractivity contribution in [2.45, 2.75) is 32.2 Å². The average Bonchev–Trinajstić information content (AvgIpc) is 2.68. The molecule has 0 spiro atoms. The van der Waals surface area contributed by atoms with E-state index in [9.17, 15) is 13.2 Å². The highest BCUT2D eigenvalue weighted by atomic mass is 32.2. The lowest BCUT2D eigenvalue weighted by Crippen LogP contribution is -2.23. The Kier molecular flexibility index (Phi) is 5.98. The number of aromatic nitrogens is 1. The van der Waals surface area contributed by atoms with E-state index in [1.807, 2.05) is 25.1 Å². The Morgan fingerprint density at radius 2 is 1.76 bits per heavy atom. The third-order valence-corrected chi connectivity index (χ3v) is 6.05. The van der Waals surface area contributed by atoms with Crippen LogP contribution in [-0.2, 0) is 16.6 Å². The molecule has 29 heavy (non-hydrogen) atoms. The Bertz CT molecular complexity index is 1140. The Labute approximate surface area is 171 Å². The van der Waals surface area contributed by atoms with E-state index >= 15 is 0 Å². The molecule has 0 aliphatic carbocycles. The first-order chi connectivity index (χ1) is 13.8. The summed E-state index contributed by atoms with van der Waals surface area (Å²) >= 11 is 0. The molecule has 0 fully saturated rings. The van der Waals surface area contributed by atoms with Crippen LogP contribution in [0.1, 0.15) is 32.7 Å². The molecule has 6 nitrogen and oxygen atoms in total. The highest BCUT2D eigenvalue weighted by Gasteiger charge is 2.19. The summed E-state index contributed by atoms with van der Waals surface area (Å²) in [7, 11) is -3.77. The maximum Gasteiger partial charge on any atom is 0.262 e. The Hall–Kier alpha value is -3.19. The maximum atomic E-state index is 12.9. The van der Waals surface area contributed by atoms with Gasteiger partial charge >= 0.3 is 0 Å². The normalized spacial score (nSPS) is 11.1. The number of carbonyl (C=O) groups is 1. The molecular weight excluding hydrogens is 386 g/mol. The maximum absolute atomic E-state index is 12.9. The highest BCUT2D eigenvalue weighted by Crippen LogP contribution is 2.23. The van der Waals surface area contributed by atoms with Crippen molar-refractivity contribution >= 4 is 21.6 Å². The van der Waals surface area contributed by atoms with Crippen molar-refractivity contribution in [3.63, 3.8) is 0 Å². The molecular formula is C22H23N3O3S. The number of aryl methyl sites for hydroxylation is 3. The van der Waals surface area contributed by atoms with Gasteiger partial charge in [-0.3, -0.25) is 14.5 Å². The monoisotopic (exact) mass is 409 g/mol. The molecule has 2 aromatic carbocycles. The van der Waals surface area contributed by atoms with Crippen LogP contribution in [0, 0.1) is 20.8 Å². The van der Waals surface area contributed by atoms with Gasteiger partial charge in [0.1, 0.15) is 0 Å². The van der Waals surface area contributed by atoms with Crippen molar-refractivity contribution in [2.75, 3.05) is 4.72 Å². The van der Waals surface area contributed by atoms with E-state index < -0.39 is 10.0 Å². The van der Waals surface area contributed by atoms with E-state index in [-0.39, 0.29) is 17.3 Å². The van der Waals surface area contributed by atoms with Crippen molar-refractivity contribution < 1.29 is 13.2 Å². The first-order valence-corrected chi connectivity index (χ1v) is 10.6. The van der Waals surface area contributed by atoms with Gasteiger partial charge in [0.15, 0.2) is 0 Å². The minimum absolute atomic E-state index is 0.215. The third-order valence-electron chi connectivity index (χ3n) is 4.52. The lowest BCUT2D eigenvalue weighted by atomic mass is 10.1. The lowest BCUT2D eigenvalue weighted by Gasteiger charge is -2.14. The van der Waals surface area contributed by atoms with Gasteiger partial charge in [-0.1, -0.05) is 29.8 Å². The molecule has 2 N–H and O–H groups in total. The van der Waals surface area contributed by atoms with Crippen LogP contribution in [0.3, 0.4) is 0 Å². The molecule has 0 unspecified atom stereocenters. The molecule has 3 aromatic rings. The number of nitrogens with zero attached hydrogens (tertiary/aromatic N) is 1. The quantitative estimate of drug-likeness (QED) is 0.649. The second kappa shape index (κ2) is 8.45. The zero-order valence-corrected chi connectivity index (χ0v) is 17.4. The molecule has 0 saturated carbocycles. The topological polar surface area (TPSA) is 88.2 Å². The van der Waals surface area contributed by atoms with E-state index in [1.165, 1.54) is 0 Å². The molecule has 150 valence electrons. The number of nitrogens with one attached hydrogen (secondary N) is 2. The summed E-state index contributed by atoms with van der Waals surface area (Å²) in [5, 5.41) is 2.79. The Morgan fingerprint density at radius 1 is 0.966 bits per heavy atom. The van der Waals surface area contributed by atoms with Crippen LogP contribution < -0.4 is 10.0 Å². The second-order valence-corrected chi connectivity index (χ2v) is 8.56. The highest BCUT2D eigenvalue weighted by molar-refractivity contribution is 7.92. The first kappa shape index (κ1) is 20.5. The van der Waals surface area contributed by atoms with Crippen molar-refractivity contribution in [1.29, 1.82) is 0 Å². The van der Waals surface area contributed by atoms with Gasteiger partial charge in [-0.05, 0) is 62.2 Å². The molecule has 7 heteroatoms. The number of amides is 1. The minimum atomic E-state index is -3.77. The minimum Gasteiger partial charge on any atom is -0.346 e. The van der Waals surface area contributed by atoms with Gasteiger partial charge in [-0.25, -0.2) is 8.42 Å². The van der Waals surface area contributed by atoms with Crippen LogP contribution in [0.4, 0.5) is 5.69 Å². The van der Waals surface area contributed by atoms with Crippen LogP contribution >= 0.6 is 0 Å². The van der Waals surface area contributed by atoms with Crippen molar-refractivity contribution in [3.8, 4) is 0 Å². The van der Waals surface area contributed by atoms with E-state index in [2.05, 4.69) is 15.0 Å².